The molecule has 0 aromatic carbocycles. The molecule has 0 fully saturated rings. The molecule has 0 aromatic heterocycles. The average molecular weight is 174 g/mol. The van der Waals surface area contributed by atoms with E-state index in [0.29, 0.717) is 6.42 Å². The van der Waals surface area contributed by atoms with E-state index < -0.39 is 10.1 Å². The van der Waals surface area contributed by atoms with E-state index in [1.165, 1.54) is 0 Å². The molecule has 4 heteroatoms. The highest BCUT2D eigenvalue weighted by Gasteiger charge is 2.06. The number of terminal acetylenes is 1. The largest absolute Gasteiger partial charge is 0.278 e. The minimum absolute atomic E-state index is 0.119. The van der Waals surface area contributed by atoms with Crippen LogP contribution in [0, 0.1) is 12.3 Å². The molecule has 0 unspecified atom stereocenters. The Balaban J connectivity index is 3.76. The highest BCUT2D eigenvalue weighted by atomic mass is 32.2. The van der Waals surface area contributed by atoms with Gasteiger partial charge in [0.2, 0.25) is 0 Å². The van der Waals surface area contributed by atoms with Crippen LogP contribution in [0.15, 0.2) is 12.7 Å². The molecule has 0 N–H and O–H groups in total. The smallest absolute Gasteiger partial charge is 0.269 e. The first-order valence-electron chi connectivity index (χ1n) is 3.04. The van der Waals surface area contributed by atoms with Crippen molar-refractivity contribution in [3.05, 3.63) is 12.7 Å². The second-order valence-electron chi connectivity index (χ2n) is 1.81. The van der Waals surface area contributed by atoms with Crippen molar-refractivity contribution >= 4 is 10.1 Å². The van der Waals surface area contributed by atoms with Gasteiger partial charge in [-0.25, -0.2) is 0 Å². The molecule has 0 heterocycles. The summed E-state index contributed by atoms with van der Waals surface area (Å²) in [6, 6.07) is 0. The fourth-order valence-electron chi connectivity index (χ4n) is 0.402. The third kappa shape index (κ3) is 5.64. The molecule has 0 aromatic rings. The second kappa shape index (κ2) is 4.94. The topological polar surface area (TPSA) is 43.4 Å². The van der Waals surface area contributed by atoms with Crippen molar-refractivity contribution in [1.29, 1.82) is 0 Å². The molecule has 0 saturated heterocycles. The second-order valence-corrected chi connectivity index (χ2v) is 3.45. The molecule has 0 atom stereocenters. The van der Waals surface area contributed by atoms with Gasteiger partial charge < -0.3 is 0 Å². The van der Waals surface area contributed by atoms with E-state index in [-0.39, 0.29) is 12.4 Å². The van der Waals surface area contributed by atoms with Crippen molar-refractivity contribution in [2.75, 3.05) is 12.4 Å². The predicted octanol–water partition coefficient (Wildman–Crippen LogP) is 0.542. The van der Waals surface area contributed by atoms with Gasteiger partial charge in [-0.1, -0.05) is 12.0 Å². The number of hydrogen-bond donors (Lipinski definition) is 0. The summed E-state index contributed by atoms with van der Waals surface area (Å²) in [4.78, 5) is 0. The van der Waals surface area contributed by atoms with E-state index >= 15 is 0 Å². The molecular formula is C7H10O3S. The fraction of sp³-hybridized carbons (Fsp3) is 0.429. The summed E-state index contributed by atoms with van der Waals surface area (Å²) < 4.78 is 25.9. The molecule has 0 aliphatic rings. The number of rotatable bonds is 5. The molecule has 0 aliphatic heterocycles. The Hall–Kier alpha value is -0.790. The summed E-state index contributed by atoms with van der Waals surface area (Å²) in [6.07, 6.45) is 6.87. The van der Waals surface area contributed by atoms with Crippen molar-refractivity contribution in [3.8, 4) is 12.3 Å². The van der Waals surface area contributed by atoms with Gasteiger partial charge in [-0.05, 0) is 6.42 Å². The summed E-state index contributed by atoms with van der Waals surface area (Å²) in [5.41, 5.74) is 0. The van der Waals surface area contributed by atoms with Gasteiger partial charge in [-0.15, -0.1) is 13.0 Å². The molecule has 0 rings (SSSR count). The van der Waals surface area contributed by atoms with Crippen LogP contribution in [0.2, 0.25) is 0 Å². The summed E-state index contributed by atoms with van der Waals surface area (Å²) in [6.45, 7) is 3.53. The zero-order valence-electron chi connectivity index (χ0n) is 6.12. The minimum Gasteiger partial charge on any atom is -0.269 e. The third-order valence-electron chi connectivity index (χ3n) is 0.845. The van der Waals surface area contributed by atoms with E-state index in [0.717, 1.165) is 0 Å². The van der Waals surface area contributed by atoms with E-state index in [9.17, 15) is 8.42 Å². The predicted molar refractivity (Wildman–Crippen MR) is 43.4 cm³/mol. The van der Waals surface area contributed by atoms with E-state index in [4.69, 9.17) is 6.42 Å². The molecular weight excluding hydrogens is 164 g/mol. The van der Waals surface area contributed by atoms with Gasteiger partial charge in [-0.2, -0.15) is 8.42 Å². The molecule has 0 amide bonds. The van der Waals surface area contributed by atoms with E-state index in [2.05, 4.69) is 10.8 Å². The highest BCUT2D eigenvalue weighted by Crippen LogP contribution is 1.93. The lowest BCUT2D eigenvalue weighted by Gasteiger charge is -1.98. The Bertz CT molecular complexity index is 245. The van der Waals surface area contributed by atoms with Crippen LogP contribution in [-0.2, 0) is 14.3 Å². The lowest BCUT2D eigenvalue weighted by Crippen LogP contribution is -2.09. The normalized spacial score (nSPS) is 10.5. The molecule has 0 radical (unpaired) electrons. The number of hydrogen-bond acceptors (Lipinski definition) is 3. The maximum Gasteiger partial charge on any atom is 0.278 e. The van der Waals surface area contributed by atoms with Gasteiger partial charge in [0.15, 0.2) is 0 Å². The average Bonchev–Trinajstić information content (AvgIpc) is 1.87. The van der Waals surface area contributed by atoms with Gasteiger partial charge in [0.1, 0.15) is 5.75 Å². The molecule has 3 nitrogen and oxygen atoms in total. The third-order valence-corrected chi connectivity index (χ3v) is 1.89. The van der Waals surface area contributed by atoms with Crippen molar-refractivity contribution in [1.82, 2.24) is 0 Å². The molecule has 11 heavy (non-hydrogen) atoms. The summed E-state index contributed by atoms with van der Waals surface area (Å²) in [7, 11) is -3.49. The van der Waals surface area contributed by atoms with Gasteiger partial charge >= 0.3 is 0 Å². The highest BCUT2D eigenvalue weighted by molar-refractivity contribution is 7.86. The SMILES string of the molecule is C#CCS(=O)(=O)OCCC=C. The maximum absolute atomic E-state index is 10.7. The zero-order chi connectivity index (χ0) is 8.74. The van der Waals surface area contributed by atoms with Crippen LogP contribution >= 0.6 is 0 Å². The fourth-order valence-corrected chi connectivity index (χ4v) is 1.04. The van der Waals surface area contributed by atoms with E-state index in [1.54, 1.807) is 6.08 Å². The summed E-state index contributed by atoms with van der Waals surface area (Å²) >= 11 is 0. The van der Waals surface area contributed by atoms with Crippen molar-refractivity contribution < 1.29 is 12.6 Å². The van der Waals surface area contributed by atoms with Gasteiger partial charge in [0.25, 0.3) is 10.1 Å². The van der Waals surface area contributed by atoms with Crippen LogP contribution in [0.4, 0.5) is 0 Å². The van der Waals surface area contributed by atoms with Crippen molar-refractivity contribution in [3.63, 3.8) is 0 Å². The Morgan fingerprint density at radius 2 is 2.27 bits per heavy atom. The lowest BCUT2D eigenvalue weighted by molar-refractivity contribution is 0.327. The van der Waals surface area contributed by atoms with Crippen LogP contribution in [0.3, 0.4) is 0 Å². The van der Waals surface area contributed by atoms with Gasteiger partial charge in [0, 0.05) is 0 Å². The first kappa shape index (κ1) is 10.2. The van der Waals surface area contributed by atoms with Crippen LogP contribution in [0.25, 0.3) is 0 Å². The first-order chi connectivity index (χ1) is 5.12. The Labute approximate surface area is 67.2 Å². The Morgan fingerprint density at radius 1 is 1.64 bits per heavy atom. The molecule has 0 spiro atoms. The van der Waals surface area contributed by atoms with Crippen LogP contribution < -0.4 is 0 Å². The zero-order valence-corrected chi connectivity index (χ0v) is 6.93. The van der Waals surface area contributed by atoms with Gasteiger partial charge in [-0.3, -0.25) is 4.18 Å². The van der Waals surface area contributed by atoms with Crippen LogP contribution in [-0.4, -0.2) is 20.8 Å². The minimum atomic E-state index is -3.49. The lowest BCUT2D eigenvalue weighted by atomic mass is 10.5. The van der Waals surface area contributed by atoms with Crippen molar-refractivity contribution in [2.24, 2.45) is 0 Å². The Morgan fingerprint density at radius 3 is 2.73 bits per heavy atom. The summed E-state index contributed by atoms with van der Waals surface area (Å²) in [5.74, 6) is 1.63. The molecule has 62 valence electrons. The molecule has 0 aliphatic carbocycles. The maximum atomic E-state index is 10.7. The quantitative estimate of drug-likeness (QED) is 0.264. The molecule has 0 saturated carbocycles. The van der Waals surface area contributed by atoms with Gasteiger partial charge in [0.05, 0.1) is 6.61 Å². The standard InChI is InChI=1S/C7H10O3S/c1-3-5-6-10-11(8,9)7-4-2/h2-3H,1,5-7H2. The molecule has 0 bridgehead atoms. The Kier molecular flexibility index (Phi) is 4.59. The first-order valence-corrected chi connectivity index (χ1v) is 4.61. The van der Waals surface area contributed by atoms with Crippen LogP contribution in [0.5, 0.6) is 0 Å². The van der Waals surface area contributed by atoms with Crippen LogP contribution in [0.1, 0.15) is 6.42 Å². The van der Waals surface area contributed by atoms with Crippen molar-refractivity contribution in [2.45, 2.75) is 6.42 Å². The monoisotopic (exact) mass is 174 g/mol. The van der Waals surface area contributed by atoms with E-state index in [1.807, 2.05) is 5.92 Å². The summed E-state index contributed by atoms with van der Waals surface area (Å²) in [5, 5.41) is 0.